The SMILES string of the molecule is CSc1nc2ccccc2n1-c1cncc(Nc2ccc(OC(F)F)cc2)n1. The van der Waals surface area contributed by atoms with E-state index in [4.69, 9.17) is 0 Å². The molecule has 9 heteroatoms. The highest BCUT2D eigenvalue weighted by Gasteiger charge is 2.13. The van der Waals surface area contributed by atoms with Gasteiger partial charge in [0.2, 0.25) is 0 Å². The third kappa shape index (κ3) is 3.74. The van der Waals surface area contributed by atoms with Gasteiger partial charge in [0.15, 0.2) is 16.8 Å². The van der Waals surface area contributed by atoms with E-state index >= 15 is 0 Å². The third-order valence-corrected chi connectivity index (χ3v) is 4.55. The second-order valence-corrected chi connectivity index (χ2v) is 6.49. The number of halogens is 2. The van der Waals surface area contributed by atoms with Crippen LogP contribution in [0, 0.1) is 0 Å². The van der Waals surface area contributed by atoms with Gasteiger partial charge >= 0.3 is 6.61 Å². The smallest absolute Gasteiger partial charge is 0.387 e. The summed E-state index contributed by atoms with van der Waals surface area (Å²) in [6, 6.07) is 14.0. The average molecular weight is 399 g/mol. The topological polar surface area (TPSA) is 64.9 Å². The van der Waals surface area contributed by atoms with Crippen LogP contribution in [0.2, 0.25) is 0 Å². The molecule has 0 unspecified atom stereocenters. The summed E-state index contributed by atoms with van der Waals surface area (Å²) in [5, 5.41) is 3.92. The van der Waals surface area contributed by atoms with Crippen LogP contribution >= 0.6 is 11.8 Å². The summed E-state index contributed by atoms with van der Waals surface area (Å²) in [5.41, 5.74) is 2.49. The monoisotopic (exact) mass is 399 g/mol. The summed E-state index contributed by atoms with van der Waals surface area (Å²) >= 11 is 1.52. The Balaban J connectivity index is 1.64. The number of rotatable bonds is 6. The van der Waals surface area contributed by atoms with Crippen LogP contribution in [0.3, 0.4) is 0 Å². The molecule has 142 valence electrons. The first-order chi connectivity index (χ1) is 13.6. The Labute approximate surface area is 163 Å². The number of hydrogen-bond donors (Lipinski definition) is 1. The maximum atomic E-state index is 12.3. The van der Waals surface area contributed by atoms with Gasteiger partial charge in [-0.15, -0.1) is 0 Å². The molecule has 0 saturated heterocycles. The molecule has 28 heavy (non-hydrogen) atoms. The molecule has 0 spiro atoms. The van der Waals surface area contributed by atoms with Gasteiger partial charge in [0.1, 0.15) is 5.75 Å². The van der Waals surface area contributed by atoms with Crippen molar-refractivity contribution in [2.24, 2.45) is 0 Å². The molecule has 0 bridgehead atoms. The lowest BCUT2D eigenvalue weighted by atomic mass is 10.3. The quantitative estimate of drug-likeness (QED) is 0.466. The van der Waals surface area contributed by atoms with Crippen molar-refractivity contribution in [1.29, 1.82) is 0 Å². The molecular formula is C19H15F2N5OS. The Morgan fingerprint density at radius 2 is 1.82 bits per heavy atom. The number of fused-ring (bicyclic) bond motifs is 1. The average Bonchev–Trinajstić information content (AvgIpc) is 3.08. The number of hydrogen-bond acceptors (Lipinski definition) is 6. The van der Waals surface area contributed by atoms with Gasteiger partial charge in [0.25, 0.3) is 0 Å². The first-order valence-corrected chi connectivity index (χ1v) is 9.52. The van der Waals surface area contributed by atoms with Crippen LogP contribution in [-0.2, 0) is 0 Å². The largest absolute Gasteiger partial charge is 0.435 e. The Kier molecular flexibility index (Phi) is 5.07. The molecule has 0 amide bonds. The number of aromatic nitrogens is 4. The molecule has 0 atom stereocenters. The molecule has 2 aromatic carbocycles. The van der Waals surface area contributed by atoms with Crippen LogP contribution in [0.25, 0.3) is 16.9 Å². The third-order valence-electron chi connectivity index (χ3n) is 3.92. The number of thioether (sulfide) groups is 1. The van der Waals surface area contributed by atoms with E-state index in [1.54, 1.807) is 24.5 Å². The van der Waals surface area contributed by atoms with E-state index in [-0.39, 0.29) is 5.75 Å². The minimum atomic E-state index is -2.85. The molecule has 1 N–H and O–H groups in total. The number of nitrogens with one attached hydrogen (secondary N) is 1. The molecule has 0 saturated carbocycles. The van der Waals surface area contributed by atoms with Crippen molar-refractivity contribution in [2.45, 2.75) is 11.8 Å². The van der Waals surface area contributed by atoms with E-state index in [1.807, 2.05) is 35.1 Å². The number of alkyl halides is 2. The lowest BCUT2D eigenvalue weighted by Crippen LogP contribution is -2.03. The Morgan fingerprint density at radius 1 is 1.04 bits per heavy atom. The first kappa shape index (κ1) is 18.2. The van der Waals surface area contributed by atoms with E-state index in [0.29, 0.717) is 17.3 Å². The van der Waals surface area contributed by atoms with Gasteiger partial charge in [0, 0.05) is 5.69 Å². The fraction of sp³-hybridized carbons (Fsp3) is 0.105. The summed E-state index contributed by atoms with van der Waals surface area (Å²) in [6.45, 7) is -2.85. The van der Waals surface area contributed by atoms with E-state index < -0.39 is 6.61 Å². The highest BCUT2D eigenvalue weighted by molar-refractivity contribution is 7.98. The van der Waals surface area contributed by atoms with Crippen LogP contribution in [-0.4, -0.2) is 32.4 Å². The molecule has 0 aliphatic rings. The van der Waals surface area contributed by atoms with E-state index in [1.165, 1.54) is 23.9 Å². The lowest BCUT2D eigenvalue weighted by molar-refractivity contribution is -0.0498. The van der Waals surface area contributed by atoms with Gasteiger partial charge in [-0.05, 0) is 42.7 Å². The predicted octanol–water partition coefficient (Wildman–Crippen LogP) is 4.88. The molecule has 2 heterocycles. The second kappa shape index (κ2) is 7.81. The molecule has 0 aliphatic carbocycles. The molecule has 2 aromatic heterocycles. The van der Waals surface area contributed by atoms with Crippen molar-refractivity contribution < 1.29 is 13.5 Å². The predicted molar refractivity (Wildman–Crippen MR) is 105 cm³/mol. The number of anilines is 2. The van der Waals surface area contributed by atoms with Crippen LogP contribution in [0.1, 0.15) is 0 Å². The standard InChI is InChI=1S/C19H15F2N5OS/c1-28-19-24-14-4-2-3-5-15(14)26(19)17-11-22-10-16(25-17)23-12-6-8-13(9-7-12)27-18(20)21/h2-11,18H,1H3,(H,23,25). The zero-order chi connectivity index (χ0) is 19.5. The number of nitrogens with zero attached hydrogens (tertiary/aromatic N) is 4. The highest BCUT2D eigenvalue weighted by Crippen LogP contribution is 2.26. The first-order valence-electron chi connectivity index (χ1n) is 8.30. The summed E-state index contributed by atoms with van der Waals surface area (Å²) in [5.74, 6) is 1.24. The molecule has 4 rings (SSSR count). The van der Waals surface area contributed by atoms with Crippen LogP contribution in [0.5, 0.6) is 5.75 Å². The molecule has 0 radical (unpaired) electrons. The van der Waals surface area contributed by atoms with Crippen molar-refractivity contribution in [3.05, 3.63) is 60.9 Å². The van der Waals surface area contributed by atoms with Crippen LogP contribution in [0.4, 0.5) is 20.3 Å². The summed E-state index contributed by atoms with van der Waals surface area (Å²) in [4.78, 5) is 13.5. The molecule has 0 fully saturated rings. The van der Waals surface area contributed by atoms with E-state index in [0.717, 1.165) is 16.2 Å². The second-order valence-electron chi connectivity index (χ2n) is 5.71. The number of para-hydroxylation sites is 2. The lowest BCUT2D eigenvalue weighted by Gasteiger charge is -2.10. The van der Waals surface area contributed by atoms with Crippen molar-refractivity contribution >= 4 is 34.3 Å². The minimum absolute atomic E-state index is 0.0925. The summed E-state index contributed by atoms with van der Waals surface area (Å²) in [6.07, 6.45) is 5.21. The minimum Gasteiger partial charge on any atom is -0.435 e. The van der Waals surface area contributed by atoms with Gasteiger partial charge in [-0.2, -0.15) is 8.78 Å². The number of imidazole rings is 1. The molecule has 6 nitrogen and oxygen atoms in total. The van der Waals surface area contributed by atoms with Gasteiger partial charge in [0.05, 0.1) is 23.4 Å². The van der Waals surface area contributed by atoms with E-state index in [2.05, 4.69) is 25.0 Å². The van der Waals surface area contributed by atoms with Gasteiger partial charge < -0.3 is 10.1 Å². The zero-order valence-electron chi connectivity index (χ0n) is 14.7. The molecular weight excluding hydrogens is 384 g/mol. The Hall–Kier alpha value is -3.20. The maximum absolute atomic E-state index is 12.3. The molecule has 0 aliphatic heterocycles. The van der Waals surface area contributed by atoms with E-state index in [9.17, 15) is 8.78 Å². The Bertz CT molecular complexity index is 1100. The fourth-order valence-electron chi connectivity index (χ4n) is 2.75. The van der Waals surface area contributed by atoms with Gasteiger partial charge in [-0.25, -0.2) is 9.97 Å². The maximum Gasteiger partial charge on any atom is 0.387 e. The van der Waals surface area contributed by atoms with Gasteiger partial charge in [-0.1, -0.05) is 23.9 Å². The van der Waals surface area contributed by atoms with Crippen molar-refractivity contribution in [1.82, 2.24) is 19.5 Å². The van der Waals surface area contributed by atoms with Crippen molar-refractivity contribution in [3.63, 3.8) is 0 Å². The van der Waals surface area contributed by atoms with Gasteiger partial charge in [-0.3, -0.25) is 9.55 Å². The number of ether oxygens (including phenoxy) is 1. The Morgan fingerprint density at radius 3 is 2.57 bits per heavy atom. The normalized spacial score (nSPS) is 11.1. The summed E-state index contributed by atoms with van der Waals surface area (Å²) < 4.78 is 30.8. The van der Waals surface area contributed by atoms with Crippen molar-refractivity contribution in [3.8, 4) is 11.6 Å². The number of benzene rings is 2. The fourth-order valence-corrected chi connectivity index (χ4v) is 3.32. The highest BCUT2D eigenvalue weighted by atomic mass is 32.2. The van der Waals surface area contributed by atoms with Crippen molar-refractivity contribution in [2.75, 3.05) is 11.6 Å². The summed E-state index contributed by atoms with van der Waals surface area (Å²) in [7, 11) is 0. The van der Waals surface area contributed by atoms with Crippen LogP contribution in [0.15, 0.2) is 66.1 Å². The van der Waals surface area contributed by atoms with Crippen LogP contribution < -0.4 is 10.1 Å². The molecule has 4 aromatic rings. The zero-order valence-corrected chi connectivity index (χ0v) is 15.5.